The zero-order valence-corrected chi connectivity index (χ0v) is 17.2. The van der Waals surface area contributed by atoms with E-state index in [0.29, 0.717) is 19.3 Å². The van der Waals surface area contributed by atoms with Gasteiger partial charge in [0.2, 0.25) is 5.91 Å². The maximum absolute atomic E-state index is 12.3. The van der Waals surface area contributed by atoms with Crippen molar-refractivity contribution in [3.63, 3.8) is 0 Å². The second-order valence-corrected chi connectivity index (χ2v) is 8.61. The number of aromatic nitrogens is 1. The summed E-state index contributed by atoms with van der Waals surface area (Å²) >= 11 is 3.32. The van der Waals surface area contributed by atoms with E-state index in [0.717, 1.165) is 21.2 Å². The molecule has 0 bridgehead atoms. The van der Waals surface area contributed by atoms with Gasteiger partial charge < -0.3 is 10.1 Å². The Balaban J connectivity index is 1.45. The summed E-state index contributed by atoms with van der Waals surface area (Å²) in [7, 11) is 1.33. The Hall–Kier alpha value is -2.38. The van der Waals surface area contributed by atoms with Crippen molar-refractivity contribution in [3.8, 4) is 0 Å². The van der Waals surface area contributed by atoms with Gasteiger partial charge in [0, 0.05) is 18.6 Å². The van der Waals surface area contributed by atoms with Crippen molar-refractivity contribution in [1.82, 2.24) is 10.3 Å². The Morgan fingerprint density at radius 1 is 1.14 bits per heavy atom. The lowest BCUT2D eigenvalue weighted by atomic mass is 10.1. The van der Waals surface area contributed by atoms with Gasteiger partial charge in [0.1, 0.15) is 6.04 Å². The maximum atomic E-state index is 12.3. The standard InChI is InChI=1S/C21H22N2O3S2/c1-26-20(25)17(14-15-8-3-2-4-9-15)22-19(24)12-7-13-27-21-23-16-10-5-6-11-18(16)28-21/h2-6,8-11,17H,7,12-14H2,1H3,(H,22,24)/t17-/m0/s1. The summed E-state index contributed by atoms with van der Waals surface area (Å²) in [6.07, 6.45) is 1.49. The number of esters is 1. The first kappa shape index (κ1) is 20.4. The average molecular weight is 415 g/mol. The molecular weight excluding hydrogens is 392 g/mol. The van der Waals surface area contributed by atoms with Crippen LogP contribution >= 0.6 is 23.1 Å². The predicted molar refractivity (Wildman–Crippen MR) is 114 cm³/mol. The Morgan fingerprint density at radius 2 is 1.89 bits per heavy atom. The molecule has 3 aromatic rings. The number of benzene rings is 2. The summed E-state index contributed by atoms with van der Waals surface area (Å²) in [5.74, 6) is 0.228. The minimum Gasteiger partial charge on any atom is -0.467 e. The molecule has 1 N–H and O–H groups in total. The van der Waals surface area contributed by atoms with Crippen LogP contribution in [0, 0.1) is 0 Å². The lowest BCUT2D eigenvalue weighted by molar-refractivity contribution is -0.145. The highest BCUT2D eigenvalue weighted by Gasteiger charge is 2.21. The molecule has 0 saturated heterocycles. The molecule has 1 atom stereocenters. The van der Waals surface area contributed by atoms with Crippen LogP contribution in [0.5, 0.6) is 0 Å². The fourth-order valence-corrected chi connectivity index (χ4v) is 4.84. The molecule has 1 amide bonds. The van der Waals surface area contributed by atoms with Gasteiger partial charge in [0.15, 0.2) is 4.34 Å². The molecule has 0 aliphatic rings. The summed E-state index contributed by atoms with van der Waals surface area (Å²) in [4.78, 5) is 28.9. The van der Waals surface area contributed by atoms with Gasteiger partial charge in [-0.3, -0.25) is 4.79 Å². The molecule has 0 saturated carbocycles. The van der Waals surface area contributed by atoms with Crippen LogP contribution in [-0.4, -0.2) is 35.8 Å². The number of thiazole rings is 1. The first-order valence-electron chi connectivity index (χ1n) is 9.05. The molecule has 5 nitrogen and oxygen atoms in total. The lowest BCUT2D eigenvalue weighted by Gasteiger charge is -2.16. The smallest absolute Gasteiger partial charge is 0.328 e. The van der Waals surface area contributed by atoms with Crippen LogP contribution in [0.3, 0.4) is 0 Å². The molecule has 3 rings (SSSR count). The van der Waals surface area contributed by atoms with Crippen LogP contribution in [0.2, 0.25) is 0 Å². The molecule has 0 aliphatic heterocycles. The van der Waals surface area contributed by atoms with Crippen molar-refractivity contribution in [2.45, 2.75) is 29.6 Å². The third-order valence-electron chi connectivity index (χ3n) is 4.15. The summed E-state index contributed by atoms with van der Waals surface area (Å²) in [6.45, 7) is 0. The van der Waals surface area contributed by atoms with Crippen LogP contribution in [-0.2, 0) is 20.7 Å². The molecule has 0 radical (unpaired) electrons. The van der Waals surface area contributed by atoms with E-state index in [4.69, 9.17) is 4.74 Å². The second kappa shape index (κ2) is 10.2. The van der Waals surface area contributed by atoms with E-state index < -0.39 is 12.0 Å². The number of carbonyl (C=O) groups is 2. The number of para-hydroxylation sites is 1. The highest BCUT2D eigenvalue weighted by atomic mass is 32.2. The number of nitrogens with zero attached hydrogens (tertiary/aromatic N) is 1. The van der Waals surface area contributed by atoms with E-state index in [9.17, 15) is 9.59 Å². The van der Waals surface area contributed by atoms with Gasteiger partial charge in [-0.05, 0) is 24.1 Å². The van der Waals surface area contributed by atoms with Gasteiger partial charge in [-0.25, -0.2) is 9.78 Å². The normalized spacial score (nSPS) is 11.9. The van der Waals surface area contributed by atoms with Crippen LogP contribution in [0.25, 0.3) is 10.2 Å². The number of carbonyl (C=O) groups excluding carboxylic acids is 2. The Morgan fingerprint density at radius 3 is 2.64 bits per heavy atom. The minimum absolute atomic E-state index is 0.142. The van der Waals surface area contributed by atoms with E-state index in [1.165, 1.54) is 11.8 Å². The van der Waals surface area contributed by atoms with Gasteiger partial charge in [-0.15, -0.1) is 11.3 Å². The van der Waals surface area contributed by atoms with Gasteiger partial charge in [0.05, 0.1) is 17.3 Å². The first-order valence-corrected chi connectivity index (χ1v) is 10.9. The van der Waals surface area contributed by atoms with Gasteiger partial charge in [-0.2, -0.15) is 0 Å². The number of hydrogen-bond acceptors (Lipinski definition) is 6. The Kier molecular flexibility index (Phi) is 7.45. The second-order valence-electron chi connectivity index (χ2n) is 6.23. The number of amides is 1. The third-order valence-corrected chi connectivity index (χ3v) is 6.42. The van der Waals surface area contributed by atoms with Gasteiger partial charge >= 0.3 is 5.97 Å². The number of methoxy groups -OCH3 is 1. The number of rotatable bonds is 9. The number of nitrogens with one attached hydrogen (secondary N) is 1. The summed E-state index contributed by atoms with van der Waals surface area (Å²) in [6, 6.07) is 17.0. The Bertz CT molecular complexity index is 895. The highest BCUT2D eigenvalue weighted by molar-refractivity contribution is 8.01. The van der Waals surface area contributed by atoms with Crippen LogP contribution in [0.15, 0.2) is 58.9 Å². The zero-order valence-electron chi connectivity index (χ0n) is 15.6. The number of ether oxygens (including phenoxy) is 1. The molecule has 0 unspecified atom stereocenters. The largest absolute Gasteiger partial charge is 0.467 e. The molecule has 1 aromatic heterocycles. The zero-order chi connectivity index (χ0) is 19.8. The number of fused-ring (bicyclic) bond motifs is 1. The number of thioether (sulfide) groups is 1. The van der Waals surface area contributed by atoms with Crippen molar-refractivity contribution >= 4 is 45.2 Å². The van der Waals surface area contributed by atoms with E-state index in [2.05, 4.69) is 16.4 Å². The predicted octanol–water partition coefficient (Wildman–Crippen LogP) is 4.07. The van der Waals surface area contributed by atoms with Crippen LogP contribution in [0.4, 0.5) is 0 Å². The average Bonchev–Trinajstić information content (AvgIpc) is 3.14. The van der Waals surface area contributed by atoms with Crippen molar-refractivity contribution in [2.75, 3.05) is 12.9 Å². The summed E-state index contributed by atoms with van der Waals surface area (Å²) in [5, 5.41) is 2.80. The van der Waals surface area contributed by atoms with Gasteiger partial charge in [0.25, 0.3) is 0 Å². The molecule has 146 valence electrons. The number of hydrogen-bond donors (Lipinski definition) is 1. The Labute approximate surface area is 172 Å². The molecular formula is C21H22N2O3S2. The van der Waals surface area contributed by atoms with Crippen LogP contribution in [0.1, 0.15) is 18.4 Å². The highest BCUT2D eigenvalue weighted by Crippen LogP contribution is 2.29. The lowest BCUT2D eigenvalue weighted by Crippen LogP contribution is -2.43. The maximum Gasteiger partial charge on any atom is 0.328 e. The van der Waals surface area contributed by atoms with Crippen LogP contribution < -0.4 is 5.32 Å². The molecule has 0 spiro atoms. The monoisotopic (exact) mass is 414 g/mol. The van der Waals surface area contributed by atoms with Gasteiger partial charge in [-0.1, -0.05) is 54.2 Å². The summed E-state index contributed by atoms with van der Waals surface area (Å²) < 4.78 is 7.02. The minimum atomic E-state index is -0.670. The fraction of sp³-hybridized carbons (Fsp3) is 0.286. The van der Waals surface area contributed by atoms with Crippen molar-refractivity contribution in [2.24, 2.45) is 0 Å². The SMILES string of the molecule is COC(=O)[C@H](Cc1ccccc1)NC(=O)CCCSc1nc2ccccc2s1. The molecule has 28 heavy (non-hydrogen) atoms. The molecule has 0 aliphatic carbocycles. The molecule has 2 aromatic carbocycles. The third kappa shape index (κ3) is 5.81. The van der Waals surface area contributed by atoms with E-state index in [-0.39, 0.29) is 5.91 Å². The van der Waals surface area contributed by atoms with E-state index in [1.54, 1.807) is 23.1 Å². The van der Waals surface area contributed by atoms with Crippen molar-refractivity contribution < 1.29 is 14.3 Å². The topological polar surface area (TPSA) is 68.3 Å². The van der Waals surface area contributed by atoms with Crippen molar-refractivity contribution in [1.29, 1.82) is 0 Å². The van der Waals surface area contributed by atoms with E-state index in [1.807, 2.05) is 48.5 Å². The molecule has 1 heterocycles. The van der Waals surface area contributed by atoms with Crippen molar-refractivity contribution in [3.05, 3.63) is 60.2 Å². The fourth-order valence-electron chi connectivity index (χ4n) is 2.76. The summed E-state index contributed by atoms with van der Waals surface area (Å²) in [5.41, 5.74) is 1.99. The molecule has 7 heteroatoms. The quantitative estimate of drug-likeness (QED) is 0.325. The van der Waals surface area contributed by atoms with E-state index >= 15 is 0 Å². The first-order chi connectivity index (χ1) is 13.7. The molecule has 0 fully saturated rings.